The van der Waals surface area contributed by atoms with Crippen molar-refractivity contribution in [3.05, 3.63) is 70.7 Å². The van der Waals surface area contributed by atoms with Crippen molar-refractivity contribution in [2.75, 3.05) is 0 Å². The summed E-state index contributed by atoms with van der Waals surface area (Å²) in [5.41, 5.74) is 9.54. The van der Waals surface area contributed by atoms with Crippen LogP contribution in [0.5, 0.6) is 0 Å². The van der Waals surface area contributed by atoms with Crippen molar-refractivity contribution >= 4 is 26.7 Å². The van der Waals surface area contributed by atoms with Gasteiger partial charge in [0.05, 0.1) is 0 Å². The van der Waals surface area contributed by atoms with Crippen molar-refractivity contribution in [2.45, 2.75) is 6.54 Å². The molecule has 0 spiro atoms. The van der Waals surface area contributed by atoms with E-state index in [1.165, 1.54) is 27.5 Å². The average molecular weight is 312 g/mol. The van der Waals surface area contributed by atoms with Gasteiger partial charge in [0.2, 0.25) is 0 Å². The van der Waals surface area contributed by atoms with E-state index in [1.807, 2.05) is 6.07 Å². The monoisotopic (exact) mass is 311 g/mol. The Morgan fingerprint density at radius 2 is 1.58 bits per heavy atom. The molecule has 0 aromatic heterocycles. The molecule has 3 aromatic rings. The minimum absolute atomic E-state index is 0.548. The fraction of sp³-hybridized carbons (Fsp3) is 0.0588. The molecular formula is C17H14BrN. The number of hydrogen-bond acceptors (Lipinski definition) is 1. The van der Waals surface area contributed by atoms with E-state index in [4.69, 9.17) is 5.73 Å². The number of halogens is 1. The fourth-order valence-corrected chi connectivity index (χ4v) is 2.98. The van der Waals surface area contributed by atoms with Gasteiger partial charge in [0, 0.05) is 11.0 Å². The van der Waals surface area contributed by atoms with Crippen LogP contribution >= 0.6 is 15.9 Å². The number of hydrogen-bond donors (Lipinski definition) is 1. The van der Waals surface area contributed by atoms with Crippen molar-refractivity contribution in [2.24, 2.45) is 5.73 Å². The normalized spacial score (nSPS) is 10.8. The highest BCUT2D eigenvalue weighted by Gasteiger charge is 2.10. The predicted molar refractivity (Wildman–Crippen MR) is 85.0 cm³/mol. The van der Waals surface area contributed by atoms with Crippen LogP contribution in [0.2, 0.25) is 0 Å². The maximum absolute atomic E-state index is 5.91. The molecule has 3 aromatic carbocycles. The van der Waals surface area contributed by atoms with E-state index in [9.17, 15) is 0 Å². The Bertz CT molecular complexity index is 720. The number of benzene rings is 3. The van der Waals surface area contributed by atoms with Gasteiger partial charge in [0.15, 0.2) is 0 Å². The first-order valence-corrected chi connectivity index (χ1v) is 7.06. The van der Waals surface area contributed by atoms with Crippen LogP contribution in [0.1, 0.15) is 5.56 Å². The number of fused-ring (bicyclic) bond motifs is 1. The Kier molecular flexibility index (Phi) is 3.36. The third-order valence-electron chi connectivity index (χ3n) is 3.38. The fourth-order valence-electron chi connectivity index (χ4n) is 2.48. The van der Waals surface area contributed by atoms with Crippen LogP contribution in [-0.4, -0.2) is 0 Å². The van der Waals surface area contributed by atoms with Gasteiger partial charge < -0.3 is 5.73 Å². The summed E-state index contributed by atoms with van der Waals surface area (Å²) in [6.45, 7) is 0.548. The number of nitrogens with two attached hydrogens (primary N) is 1. The quantitative estimate of drug-likeness (QED) is 0.727. The third-order valence-corrected chi connectivity index (χ3v) is 4.07. The highest BCUT2D eigenvalue weighted by Crippen LogP contribution is 2.35. The van der Waals surface area contributed by atoms with Crippen molar-refractivity contribution in [1.82, 2.24) is 0 Å². The molecule has 0 saturated carbocycles. The SMILES string of the molecule is NCc1ccc2c(Br)cccc2c1-c1ccccc1. The zero-order valence-corrected chi connectivity index (χ0v) is 12.0. The molecule has 0 aliphatic heterocycles. The summed E-state index contributed by atoms with van der Waals surface area (Å²) in [6, 6.07) is 21.0. The molecule has 0 amide bonds. The van der Waals surface area contributed by atoms with Crippen LogP contribution in [0.25, 0.3) is 21.9 Å². The minimum atomic E-state index is 0.548. The largest absolute Gasteiger partial charge is 0.326 e. The van der Waals surface area contributed by atoms with Crippen LogP contribution in [0.4, 0.5) is 0 Å². The Labute approximate surface area is 121 Å². The van der Waals surface area contributed by atoms with E-state index in [-0.39, 0.29) is 0 Å². The van der Waals surface area contributed by atoms with Gasteiger partial charge >= 0.3 is 0 Å². The third kappa shape index (κ3) is 2.18. The van der Waals surface area contributed by atoms with Gasteiger partial charge in [-0.15, -0.1) is 0 Å². The first kappa shape index (κ1) is 12.4. The summed E-state index contributed by atoms with van der Waals surface area (Å²) in [6.07, 6.45) is 0. The smallest absolute Gasteiger partial charge is 0.0253 e. The molecule has 1 nitrogen and oxygen atoms in total. The summed E-state index contributed by atoms with van der Waals surface area (Å²) in [4.78, 5) is 0. The van der Waals surface area contributed by atoms with Gasteiger partial charge in [-0.2, -0.15) is 0 Å². The second kappa shape index (κ2) is 5.16. The molecule has 0 aliphatic carbocycles. The molecule has 0 saturated heterocycles. The van der Waals surface area contributed by atoms with Gasteiger partial charge in [-0.05, 0) is 33.5 Å². The highest BCUT2D eigenvalue weighted by molar-refractivity contribution is 9.10. The molecule has 2 N–H and O–H groups in total. The first-order valence-electron chi connectivity index (χ1n) is 6.27. The van der Waals surface area contributed by atoms with Gasteiger partial charge in [-0.3, -0.25) is 0 Å². The summed E-state index contributed by atoms with van der Waals surface area (Å²) in [7, 11) is 0. The molecule has 0 heterocycles. The van der Waals surface area contributed by atoms with Crippen LogP contribution in [0, 0.1) is 0 Å². The van der Waals surface area contributed by atoms with E-state index >= 15 is 0 Å². The molecule has 0 fully saturated rings. The maximum Gasteiger partial charge on any atom is 0.0253 e. The van der Waals surface area contributed by atoms with Crippen molar-refractivity contribution in [1.29, 1.82) is 0 Å². The maximum atomic E-state index is 5.91. The van der Waals surface area contributed by atoms with Gasteiger partial charge in [0.25, 0.3) is 0 Å². The van der Waals surface area contributed by atoms with Crippen molar-refractivity contribution in [3.63, 3.8) is 0 Å². The van der Waals surface area contributed by atoms with Crippen molar-refractivity contribution in [3.8, 4) is 11.1 Å². The van der Waals surface area contributed by atoms with E-state index in [0.29, 0.717) is 6.54 Å². The van der Waals surface area contributed by atoms with E-state index in [0.717, 1.165) is 4.47 Å². The Hall–Kier alpha value is -1.64. The molecule has 0 radical (unpaired) electrons. The summed E-state index contributed by atoms with van der Waals surface area (Å²) < 4.78 is 1.12. The Balaban J connectivity index is 2.41. The zero-order chi connectivity index (χ0) is 13.2. The van der Waals surface area contributed by atoms with Gasteiger partial charge in [-0.25, -0.2) is 0 Å². The molecule has 19 heavy (non-hydrogen) atoms. The van der Waals surface area contributed by atoms with E-state index in [1.54, 1.807) is 0 Å². The topological polar surface area (TPSA) is 26.0 Å². The minimum Gasteiger partial charge on any atom is -0.326 e. The van der Waals surface area contributed by atoms with E-state index < -0.39 is 0 Å². The highest BCUT2D eigenvalue weighted by atomic mass is 79.9. The average Bonchev–Trinajstić information content (AvgIpc) is 2.47. The predicted octanol–water partition coefficient (Wildman–Crippen LogP) is 4.73. The Morgan fingerprint density at radius 3 is 2.32 bits per heavy atom. The lowest BCUT2D eigenvalue weighted by molar-refractivity contribution is 1.08. The van der Waals surface area contributed by atoms with Crippen LogP contribution in [0.15, 0.2) is 65.1 Å². The number of rotatable bonds is 2. The zero-order valence-electron chi connectivity index (χ0n) is 10.4. The summed E-state index contributed by atoms with van der Waals surface area (Å²) >= 11 is 3.62. The first-order chi connectivity index (χ1) is 9.31. The van der Waals surface area contributed by atoms with Crippen molar-refractivity contribution < 1.29 is 0 Å². The van der Waals surface area contributed by atoms with Crippen LogP contribution in [-0.2, 0) is 6.54 Å². The molecule has 3 rings (SSSR count). The summed E-state index contributed by atoms with van der Waals surface area (Å²) in [5.74, 6) is 0. The molecule has 0 bridgehead atoms. The van der Waals surface area contributed by atoms with Gasteiger partial charge in [0.1, 0.15) is 0 Å². The molecule has 0 aliphatic rings. The lowest BCUT2D eigenvalue weighted by Gasteiger charge is -2.13. The standard InChI is InChI=1S/C17H14BrN/c18-16-8-4-7-15-14(16)10-9-13(11-19)17(15)12-5-2-1-3-6-12/h1-10H,11,19H2. The molecule has 2 heteroatoms. The molecular weight excluding hydrogens is 298 g/mol. The van der Waals surface area contributed by atoms with Gasteiger partial charge in [-0.1, -0.05) is 70.5 Å². The van der Waals surface area contributed by atoms with Crippen LogP contribution < -0.4 is 5.73 Å². The Morgan fingerprint density at radius 1 is 0.789 bits per heavy atom. The van der Waals surface area contributed by atoms with E-state index in [2.05, 4.69) is 70.5 Å². The van der Waals surface area contributed by atoms with Crippen LogP contribution in [0.3, 0.4) is 0 Å². The molecule has 94 valence electrons. The second-order valence-electron chi connectivity index (χ2n) is 4.50. The lowest BCUT2D eigenvalue weighted by atomic mass is 9.93. The molecule has 0 unspecified atom stereocenters. The lowest BCUT2D eigenvalue weighted by Crippen LogP contribution is -1.99. The summed E-state index contributed by atoms with van der Waals surface area (Å²) in [5, 5.41) is 2.46. The second-order valence-corrected chi connectivity index (χ2v) is 5.36. The molecule has 0 atom stereocenters.